The third-order valence-electron chi connectivity index (χ3n) is 4.53. The fourth-order valence-electron chi connectivity index (χ4n) is 3.01. The number of benzene rings is 1. The van der Waals surface area contributed by atoms with Crippen LogP contribution in [0.5, 0.6) is 0 Å². The minimum Gasteiger partial charge on any atom is -0.438 e. The Balaban J connectivity index is 1.82. The molecule has 0 atom stereocenters. The Morgan fingerprint density at radius 1 is 1.15 bits per heavy atom. The van der Waals surface area contributed by atoms with Crippen LogP contribution < -0.4 is 5.32 Å². The highest BCUT2D eigenvalue weighted by Crippen LogP contribution is 2.28. The first-order valence-corrected chi connectivity index (χ1v) is 10.3. The number of nitrogens with zero attached hydrogens (tertiary/aromatic N) is 1. The third-order valence-corrected chi connectivity index (χ3v) is 6.31. The summed E-state index contributed by atoms with van der Waals surface area (Å²) in [4.78, 5) is 12.6. The summed E-state index contributed by atoms with van der Waals surface area (Å²) >= 11 is 0. The van der Waals surface area contributed by atoms with Gasteiger partial charge in [0.25, 0.3) is 15.9 Å². The lowest BCUT2D eigenvalue weighted by Crippen LogP contribution is -2.40. The normalized spacial score (nSPS) is 15.9. The van der Waals surface area contributed by atoms with Crippen molar-refractivity contribution in [1.29, 1.82) is 0 Å². The van der Waals surface area contributed by atoms with Gasteiger partial charge in [-0.05, 0) is 36.1 Å². The van der Waals surface area contributed by atoms with Gasteiger partial charge in [0.2, 0.25) is 5.09 Å². The number of aryl methyl sites for hydroxylation is 1. The molecule has 1 aromatic carbocycles. The molecule has 1 aliphatic heterocycles. The second kappa shape index (κ2) is 7.84. The van der Waals surface area contributed by atoms with E-state index >= 15 is 0 Å². The summed E-state index contributed by atoms with van der Waals surface area (Å²) in [6, 6.07) is 8.53. The summed E-state index contributed by atoms with van der Waals surface area (Å²) in [5.74, 6) is -0.288. The maximum absolute atomic E-state index is 12.6. The molecule has 0 aliphatic carbocycles. The molecule has 1 fully saturated rings. The van der Waals surface area contributed by atoms with E-state index in [9.17, 15) is 13.2 Å². The van der Waals surface area contributed by atoms with Crippen molar-refractivity contribution >= 4 is 21.6 Å². The van der Waals surface area contributed by atoms with Gasteiger partial charge in [-0.3, -0.25) is 4.79 Å². The molecule has 8 heteroatoms. The molecule has 0 unspecified atom stereocenters. The van der Waals surface area contributed by atoms with Gasteiger partial charge in [-0.1, -0.05) is 32.0 Å². The first kappa shape index (κ1) is 19.6. The fraction of sp³-hybridized carbons (Fsp3) is 0.421. The van der Waals surface area contributed by atoms with Crippen molar-refractivity contribution in [3.05, 3.63) is 47.2 Å². The van der Waals surface area contributed by atoms with E-state index < -0.39 is 15.9 Å². The van der Waals surface area contributed by atoms with Gasteiger partial charge in [0.1, 0.15) is 0 Å². The molecule has 0 saturated carbocycles. The second-order valence-electron chi connectivity index (χ2n) is 6.78. The van der Waals surface area contributed by atoms with Crippen LogP contribution in [0.3, 0.4) is 0 Å². The van der Waals surface area contributed by atoms with E-state index in [4.69, 9.17) is 9.15 Å². The molecule has 1 aromatic heterocycles. The number of morpholine rings is 1. The Labute approximate surface area is 159 Å². The molecular formula is C19H24N2O5S. The second-order valence-corrected chi connectivity index (χ2v) is 8.65. The first-order valence-electron chi connectivity index (χ1n) is 8.89. The van der Waals surface area contributed by atoms with Gasteiger partial charge >= 0.3 is 0 Å². The van der Waals surface area contributed by atoms with E-state index in [0.717, 1.165) is 16.8 Å². The van der Waals surface area contributed by atoms with E-state index in [1.807, 2.05) is 39.0 Å². The number of carbonyl (C=O) groups excluding carboxylic acids is 1. The summed E-state index contributed by atoms with van der Waals surface area (Å²) in [6.45, 7) is 7.24. The van der Waals surface area contributed by atoms with Crippen LogP contribution >= 0.6 is 0 Å². The lowest BCUT2D eigenvalue weighted by Gasteiger charge is -2.24. The highest BCUT2D eigenvalue weighted by molar-refractivity contribution is 7.89. The highest BCUT2D eigenvalue weighted by atomic mass is 32.2. The molecule has 3 rings (SSSR count). The maximum atomic E-state index is 12.6. The molecule has 0 radical (unpaired) electrons. The van der Waals surface area contributed by atoms with Crippen molar-refractivity contribution in [2.75, 3.05) is 31.6 Å². The number of hydrogen-bond donors (Lipinski definition) is 1. The van der Waals surface area contributed by atoms with Crippen molar-refractivity contribution in [3.63, 3.8) is 0 Å². The van der Waals surface area contributed by atoms with Crippen LogP contribution in [0.4, 0.5) is 5.69 Å². The summed E-state index contributed by atoms with van der Waals surface area (Å²) in [7, 11) is -3.77. The fourth-order valence-corrected chi connectivity index (χ4v) is 4.33. The van der Waals surface area contributed by atoms with Gasteiger partial charge in [-0.25, -0.2) is 8.42 Å². The maximum Gasteiger partial charge on any atom is 0.291 e. The van der Waals surface area contributed by atoms with E-state index in [0.29, 0.717) is 13.2 Å². The zero-order valence-electron chi connectivity index (χ0n) is 15.7. The molecule has 0 bridgehead atoms. The summed E-state index contributed by atoms with van der Waals surface area (Å²) in [5, 5.41) is 2.63. The van der Waals surface area contributed by atoms with Gasteiger partial charge in [-0.15, -0.1) is 0 Å². The quantitative estimate of drug-likeness (QED) is 0.845. The van der Waals surface area contributed by atoms with E-state index in [2.05, 4.69) is 5.32 Å². The number of hydrogen-bond acceptors (Lipinski definition) is 5. The van der Waals surface area contributed by atoms with Crippen molar-refractivity contribution in [3.8, 4) is 0 Å². The average Bonchev–Trinajstić information content (AvgIpc) is 3.15. The van der Waals surface area contributed by atoms with Gasteiger partial charge in [0, 0.05) is 18.8 Å². The number of rotatable bonds is 5. The predicted octanol–water partition coefficient (Wildman–Crippen LogP) is 2.98. The number of carbonyl (C=O) groups is 1. The van der Waals surface area contributed by atoms with Crippen molar-refractivity contribution in [2.45, 2.75) is 31.8 Å². The molecule has 146 valence electrons. The number of amides is 1. The lowest BCUT2D eigenvalue weighted by atomic mass is 9.98. The van der Waals surface area contributed by atoms with Gasteiger partial charge in [0.05, 0.1) is 13.2 Å². The van der Waals surface area contributed by atoms with Gasteiger partial charge in [-0.2, -0.15) is 4.31 Å². The highest BCUT2D eigenvalue weighted by Gasteiger charge is 2.30. The van der Waals surface area contributed by atoms with Crippen LogP contribution in [0.25, 0.3) is 0 Å². The van der Waals surface area contributed by atoms with Crippen LogP contribution in [0.15, 0.2) is 39.8 Å². The molecule has 2 aromatic rings. The molecule has 27 heavy (non-hydrogen) atoms. The minimum absolute atomic E-state index is 0.0419. The standard InChI is InChI=1S/C19H24N2O5S/c1-13(2)15-6-4-5-14(3)18(15)20-19(22)16-7-8-17(26-16)27(23,24)21-9-11-25-12-10-21/h4-8,13H,9-12H2,1-3H3,(H,20,22). The third kappa shape index (κ3) is 4.07. The smallest absolute Gasteiger partial charge is 0.291 e. The monoisotopic (exact) mass is 392 g/mol. The molecular weight excluding hydrogens is 368 g/mol. The summed E-state index contributed by atoms with van der Waals surface area (Å²) in [5.41, 5.74) is 2.67. The van der Waals surface area contributed by atoms with Crippen LogP contribution in [-0.2, 0) is 14.8 Å². The molecule has 1 N–H and O–H groups in total. The van der Waals surface area contributed by atoms with Gasteiger partial charge in [0.15, 0.2) is 5.76 Å². The summed E-state index contributed by atoms with van der Waals surface area (Å²) in [6.07, 6.45) is 0. The van der Waals surface area contributed by atoms with Crippen molar-refractivity contribution < 1.29 is 22.4 Å². The number of para-hydroxylation sites is 1. The Bertz CT molecular complexity index is 927. The Morgan fingerprint density at radius 2 is 1.85 bits per heavy atom. The van der Waals surface area contributed by atoms with E-state index in [-0.39, 0.29) is 29.9 Å². The number of furan rings is 1. The van der Waals surface area contributed by atoms with E-state index in [1.165, 1.54) is 16.4 Å². The Morgan fingerprint density at radius 3 is 2.52 bits per heavy atom. The molecule has 1 saturated heterocycles. The van der Waals surface area contributed by atoms with Crippen LogP contribution in [0, 0.1) is 6.92 Å². The molecule has 2 heterocycles. The number of sulfonamides is 1. The van der Waals surface area contributed by atoms with Crippen LogP contribution in [0.2, 0.25) is 0 Å². The zero-order chi connectivity index (χ0) is 19.6. The minimum atomic E-state index is -3.77. The number of anilines is 1. The molecule has 1 aliphatic rings. The first-order chi connectivity index (χ1) is 12.8. The van der Waals surface area contributed by atoms with Crippen LogP contribution in [-0.4, -0.2) is 44.9 Å². The average molecular weight is 392 g/mol. The Kier molecular flexibility index (Phi) is 5.69. The molecule has 1 amide bonds. The van der Waals surface area contributed by atoms with Gasteiger partial charge < -0.3 is 14.5 Å². The Hall–Kier alpha value is -2.16. The molecule has 7 nitrogen and oxygen atoms in total. The van der Waals surface area contributed by atoms with Crippen molar-refractivity contribution in [1.82, 2.24) is 4.31 Å². The molecule has 0 spiro atoms. The summed E-state index contributed by atoms with van der Waals surface area (Å²) < 4.78 is 37.1. The topological polar surface area (TPSA) is 88.9 Å². The SMILES string of the molecule is Cc1cccc(C(C)C)c1NC(=O)c1ccc(S(=O)(=O)N2CCOCC2)o1. The zero-order valence-corrected chi connectivity index (χ0v) is 16.5. The van der Waals surface area contributed by atoms with Crippen LogP contribution in [0.1, 0.15) is 41.4 Å². The predicted molar refractivity (Wildman–Crippen MR) is 102 cm³/mol. The number of nitrogens with one attached hydrogen (secondary N) is 1. The number of ether oxygens (including phenoxy) is 1. The largest absolute Gasteiger partial charge is 0.438 e. The lowest BCUT2D eigenvalue weighted by molar-refractivity contribution is 0.0723. The van der Waals surface area contributed by atoms with Crippen molar-refractivity contribution in [2.24, 2.45) is 0 Å². The van der Waals surface area contributed by atoms with E-state index in [1.54, 1.807) is 0 Å².